The van der Waals surface area contributed by atoms with E-state index in [4.69, 9.17) is 0 Å². The maximum absolute atomic E-state index is 12.8. The number of hydrogen-bond acceptors (Lipinski definition) is 17. The SMILES string of the molecule is O=C([O-])c1cc(S(=O)(=O)[O-])cc(N=Nc2c([O-])c(SOO[O-])cc3cc(SOO[O-])ccc23)c1[O-].[Cu].[Na+].[Na+].[Na+].[Na+]. The Morgan fingerprint density at radius 2 is 1.45 bits per heavy atom. The molecule has 0 spiro atoms. The second-order valence-corrected chi connectivity index (χ2v) is 9.03. The van der Waals surface area contributed by atoms with Gasteiger partial charge in [-0.3, -0.25) is 10.1 Å². The van der Waals surface area contributed by atoms with Gasteiger partial charge < -0.3 is 35.2 Å². The predicted octanol–water partition coefficient (Wildman–Crippen LogP) is -12.9. The molecule has 3 rings (SSSR count). The Kier molecular flexibility index (Phi) is 24.4. The van der Waals surface area contributed by atoms with Gasteiger partial charge in [0.15, 0.2) is 0 Å². The standard InChI is InChI=1S/C17H12N2O13S3.Cu.4Na/c20-15-11(17(22)23)5-9(35(26,27)28)6-12(15)18-19-14-10-2-1-8(33-31-29-24)3-7(10)4-13(16(14)21)34-32-30-25;;;;;/h1-6,20-21,24-25H,(H,22,23)(H,26,27,28);;;;;/q;;4*+1/p-6. The zero-order valence-corrected chi connectivity index (χ0v) is 32.1. The van der Waals surface area contributed by atoms with Crippen molar-refractivity contribution in [1.82, 2.24) is 0 Å². The van der Waals surface area contributed by atoms with Crippen LogP contribution in [0, 0.1) is 0 Å². The normalized spacial score (nSPS) is 10.5. The van der Waals surface area contributed by atoms with Gasteiger partial charge in [-0.15, -0.1) is 0 Å². The summed E-state index contributed by atoms with van der Waals surface area (Å²) in [5.41, 5.74) is -2.52. The van der Waals surface area contributed by atoms with Crippen molar-refractivity contribution in [3.63, 3.8) is 0 Å². The van der Waals surface area contributed by atoms with Crippen molar-refractivity contribution in [2.24, 2.45) is 10.2 Å². The first-order valence-electron chi connectivity index (χ1n) is 8.55. The zero-order chi connectivity index (χ0) is 25.8. The minimum Gasteiger partial charge on any atom is -0.871 e. The van der Waals surface area contributed by atoms with E-state index < -0.39 is 49.4 Å². The molecule has 0 N–H and O–H groups in total. The van der Waals surface area contributed by atoms with Crippen LogP contribution in [0.1, 0.15) is 10.4 Å². The number of nitrogens with zero attached hydrogens (tertiary/aromatic N) is 2. The molecule has 3 aromatic carbocycles. The second kappa shape index (κ2) is 21.3. The first-order chi connectivity index (χ1) is 16.6. The van der Waals surface area contributed by atoms with Gasteiger partial charge in [0, 0.05) is 32.2 Å². The molecule has 23 heteroatoms. The third-order valence-electron chi connectivity index (χ3n) is 4.12. The van der Waals surface area contributed by atoms with Crippen LogP contribution in [-0.2, 0) is 45.9 Å². The van der Waals surface area contributed by atoms with E-state index in [1.54, 1.807) is 0 Å². The summed E-state index contributed by atoms with van der Waals surface area (Å²) in [7, 11) is -5.21. The molecule has 0 aromatic heterocycles. The molecule has 0 fully saturated rings. The number of azo groups is 1. The molecule has 0 unspecified atom stereocenters. The van der Waals surface area contributed by atoms with Gasteiger partial charge in [-0.2, -0.15) is 18.9 Å². The predicted molar refractivity (Wildman–Crippen MR) is 102 cm³/mol. The first-order valence-corrected chi connectivity index (χ1v) is 11.4. The molecule has 0 saturated heterocycles. The second-order valence-electron chi connectivity index (χ2n) is 6.13. The summed E-state index contributed by atoms with van der Waals surface area (Å²) < 4.78 is 42.4. The van der Waals surface area contributed by atoms with Gasteiger partial charge in [-0.1, -0.05) is 17.6 Å². The van der Waals surface area contributed by atoms with Gasteiger partial charge in [-0.05, 0) is 41.3 Å². The molecule has 3 aromatic rings. The number of benzene rings is 3. The number of carbonyl (C=O) groups is 1. The van der Waals surface area contributed by atoms with Crippen LogP contribution in [0.3, 0.4) is 0 Å². The zero-order valence-electron chi connectivity index (χ0n) is 20.7. The summed E-state index contributed by atoms with van der Waals surface area (Å²) in [6.45, 7) is 0. The minimum atomic E-state index is -5.21. The summed E-state index contributed by atoms with van der Waals surface area (Å²) in [5.74, 6) is -4.29. The molecule has 197 valence electrons. The summed E-state index contributed by atoms with van der Waals surface area (Å²) in [6, 6.07) is 6.17. The molecule has 0 aliphatic heterocycles. The molecule has 15 nitrogen and oxygen atoms in total. The van der Waals surface area contributed by atoms with Crippen LogP contribution >= 0.6 is 24.1 Å². The van der Waals surface area contributed by atoms with Gasteiger partial charge >= 0.3 is 118 Å². The molecule has 0 atom stereocenters. The van der Waals surface area contributed by atoms with Crippen LogP contribution in [0.15, 0.2) is 61.3 Å². The third kappa shape index (κ3) is 12.1. The minimum absolute atomic E-state index is 0. The Morgan fingerprint density at radius 3 is 2.00 bits per heavy atom. The van der Waals surface area contributed by atoms with E-state index >= 15 is 0 Å². The van der Waals surface area contributed by atoms with E-state index in [-0.39, 0.29) is 163 Å². The quantitative estimate of drug-likeness (QED) is 0.0476. The number of aromatic carboxylic acids is 1. The average molecular weight is 698 g/mol. The van der Waals surface area contributed by atoms with Crippen molar-refractivity contribution in [2.45, 2.75) is 14.7 Å². The molecular weight excluding hydrogens is 692 g/mol. The molecule has 1 radical (unpaired) electrons. The topological polar surface area (TPSA) is 251 Å². The molecule has 0 heterocycles. The maximum atomic E-state index is 12.8. The number of rotatable bonds is 10. The number of hydrogen-bond donors (Lipinski definition) is 0. The fourth-order valence-electron chi connectivity index (χ4n) is 2.70. The van der Waals surface area contributed by atoms with Crippen molar-refractivity contribution < 1.29 is 198 Å². The van der Waals surface area contributed by atoms with E-state index in [0.717, 1.165) is 0 Å². The number of fused-ring (bicyclic) bond motifs is 1. The molecule has 0 amide bonds. The summed E-state index contributed by atoms with van der Waals surface area (Å²) in [4.78, 5) is 10.2. The average Bonchev–Trinajstić information content (AvgIpc) is 2.80. The number of carbonyl (C=O) groups excluding carboxylic acids is 1. The largest absolute Gasteiger partial charge is 1.00 e. The summed E-state index contributed by atoms with van der Waals surface area (Å²) in [5, 5.41) is 70.5. The van der Waals surface area contributed by atoms with Crippen LogP contribution in [0.5, 0.6) is 11.5 Å². The van der Waals surface area contributed by atoms with Gasteiger partial charge in [-0.25, -0.2) is 8.42 Å². The van der Waals surface area contributed by atoms with Crippen LogP contribution in [0.4, 0.5) is 11.4 Å². The fraction of sp³-hybridized carbons (Fsp3) is 0. The molecule has 0 saturated carbocycles. The van der Waals surface area contributed by atoms with E-state index in [1.165, 1.54) is 24.3 Å². The third-order valence-corrected chi connectivity index (χ3v) is 6.11. The monoisotopic (exact) mass is 697 g/mol. The van der Waals surface area contributed by atoms with Crippen molar-refractivity contribution >= 4 is 62.3 Å². The summed E-state index contributed by atoms with van der Waals surface area (Å²) in [6.07, 6.45) is 0. The van der Waals surface area contributed by atoms with Gasteiger partial charge in [0.2, 0.25) is 0 Å². The van der Waals surface area contributed by atoms with Crippen LogP contribution < -0.4 is 144 Å². The Labute approximate surface area is 333 Å². The van der Waals surface area contributed by atoms with Crippen molar-refractivity contribution in [1.29, 1.82) is 0 Å². The van der Waals surface area contributed by atoms with Gasteiger partial charge in [0.1, 0.15) is 10.1 Å². The van der Waals surface area contributed by atoms with Gasteiger partial charge in [0.25, 0.3) is 0 Å². The van der Waals surface area contributed by atoms with Crippen molar-refractivity contribution in [3.05, 3.63) is 42.0 Å². The number of carboxylic acids is 1. The first kappa shape index (κ1) is 45.9. The summed E-state index contributed by atoms with van der Waals surface area (Å²) >= 11 is 0.727. The molecule has 0 aliphatic rings. The Morgan fingerprint density at radius 1 is 0.850 bits per heavy atom. The van der Waals surface area contributed by atoms with E-state index in [9.17, 15) is 43.6 Å². The molecule has 0 aliphatic carbocycles. The van der Waals surface area contributed by atoms with Crippen LogP contribution in [0.2, 0.25) is 0 Å². The molecular formula is C17H6CuN2Na4O13S3-2. The fourth-order valence-corrected chi connectivity index (χ4v) is 4.07. The van der Waals surface area contributed by atoms with E-state index in [2.05, 4.69) is 29.0 Å². The maximum Gasteiger partial charge on any atom is 1.00 e. The molecule has 0 bridgehead atoms. The molecule has 40 heavy (non-hydrogen) atoms. The van der Waals surface area contributed by atoms with E-state index in [0.29, 0.717) is 29.1 Å². The van der Waals surface area contributed by atoms with Crippen molar-refractivity contribution in [3.8, 4) is 11.5 Å². The Bertz CT molecular complexity index is 1440. The smallest absolute Gasteiger partial charge is 0.871 e. The Balaban J connectivity index is -0.00000274. The van der Waals surface area contributed by atoms with E-state index in [1.807, 2.05) is 0 Å². The van der Waals surface area contributed by atoms with Gasteiger partial charge in [0.05, 0.1) is 46.3 Å². The van der Waals surface area contributed by atoms with Crippen LogP contribution in [-0.4, -0.2) is 18.9 Å². The number of carboxylic acid groups (broad SMARTS) is 1. The Hall–Kier alpha value is 1.48. The van der Waals surface area contributed by atoms with Crippen molar-refractivity contribution in [2.75, 3.05) is 0 Å². The van der Waals surface area contributed by atoms with Crippen LogP contribution in [0.25, 0.3) is 10.8 Å².